The average molecular weight is 314 g/mol. The number of hydrogen-bond donors (Lipinski definition) is 1. The maximum atomic E-state index is 12.2. The quantitative estimate of drug-likeness (QED) is 0.871. The topological polar surface area (TPSA) is 47.6 Å². The molecule has 0 bridgehead atoms. The molecule has 1 N–H and O–H groups in total. The number of amides is 1. The van der Waals surface area contributed by atoms with E-state index in [9.17, 15) is 4.79 Å². The number of para-hydroxylation sites is 1. The lowest BCUT2D eigenvalue weighted by Gasteiger charge is -2.25. The third-order valence-electron chi connectivity index (χ3n) is 2.60. The van der Waals surface area contributed by atoms with Crippen LogP contribution in [0, 0.1) is 0 Å². The third-order valence-corrected chi connectivity index (χ3v) is 4.00. The molecule has 1 aromatic carbocycles. The number of ether oxygens (including phenoxy) is 2. The fourth-order valence-electron chi connectivity index (χ4n) is 1.66. The lowest BCUT2D eigenvalue weighted by atomic mass is 10.1. The molecule has 0 spiro atoms. The van der Waals surface area contributed by atoms with Crippen molar-refractivity contribution in [2.45, 2.75) is 19.4 Å². The van der Waals surface area contributed by atoms with Gasteiger partial charge in [0.15, 0.2) is 11.5 Å². The summed E-state index contributed by atoms with van der Waals surface area (Å²) in [5.41, 5.74) is 0.205. The third kappa shape index (κ3) is 2.77. The molecule has 1 aliphatic heterocycles. The maximum absolute atomic E-state index is 12.2. The van der Waals surface area contributed by atoms with Gasteiger partial charge < -0.3 is 14.8 Å². The first kappa shape index (κ1) is 13.2. The summed E-state index contributed by atoms with van der Waals surface area (Å²) in [6.45, 7) is 4.89. The second-order valence-electron chi connectivity index (χ2n) is 4.80. The molecule has 1 aliphatic rings. The van der Waals surface area contributed by atoms with Crippen LogP contribution >= 0.6 is 15.9 Å². The monoisotopic (exact) mass is 313 g/mol. The number of nitrogens with one attached hydrogen (secondary N) is 1. The van der Waals surface area contributed by atoms with Crippen LogP contribution in [0.25, 0.3) is 0 Å². The van der Waals surface area contributed by atoms with Gasteiger partial charge in [0.2, 0.25) is 0 Å². The van der Waals surface area contributed by atoms with Crippen molar-refractivity contribution in [3.8, 4) is 11.5 Å². The number of hydrogen-bond acceptors (Lipinski definition) is 3. The molecular formula is C13H16BrNO3. The van der Waals surface area contributed by atoms with Crippen LogP contribution in [-0.2, 0) is 0 Å². The first-order chi connectivity index (χ1) is 8.53. The largest absolute Gasteiger partial charge is 0.486 e. The number of rotatable bonds is 3. The van der Waals surface area contributed by atoms with Crippen molar-refractivity contribution in [1.82, 2.24) is 5.32 Å². The maximum Gasteiger partial charge on any atom is 0.255 e. The predicted molar refractivity (Wildman–Crippen MR) is 72.8 cm³/mol. The van der Waals surface area contributed by atoms with Gasteiger partial charge in [-0.2, -0.15) is 0 Å². The Labute approximate surface area is 115 Å². The summed E-state index contributed by atoms with van der Waals surface area (Å²) in [5.74, 6) is 1.01. The highest BCUT2D eigenvalue weighted by Gasteiger charge is 2.24. The molecule has 0 saturated carbocycles. The van der Waals surface area contributed by atoms with E-state index in [0.717, 1.165) is 0 Å². The van der Waals surface area contributed by atoms with Crippen molar-refractivity contribution in [2.24, 2.45) is 0 Å². The molecule has 98 valence electrons. The second-order valence-corrected chi connectivity index (χ2v) is 5.36. The number of alkyl halides is 1. The van der Waals surface area contributed by atoms with Gasteiger partial charge in [-0.3, -0.25) is 4.79 Å². The van der Waals surface area contributed by atoms with Crippen LogP contribution in [0.1, 0.15) is 24.2 Å². The fraction of sp³-hybridized carbons (Fsp3) is 0.462. The molecule has 0 radical (unpaired) electrons. The van der Waals surface area contributed by atoms with E-state index in [0.29, 0.717) is 35.6 Å². The smallest absolute Gasteiger partial charge is 0.255 e. The van der Waals surface area contributed by atoms with Gasteiger partial charge in [-0.25, -0.2) is 0 Å². The molecule has 18 heavy (non-hydrogen) atoms. The van der Waals surface area contributed by atoms with E-state index >= 15 is 0 Å². The molecule has 1 aromatic rings. The molecule has 0 aliphatic carbocycles. The van der Waals surface area contributed by atoms with E-state index in [2.05, 4.69) is 21.2 Å². The Morgan fingerprint density at radius 2 is 2.11 bits per heavy atom. The zero-order chi connectivity index (χ0) is 13.2. The molecule has 4 nitrogen and oxygen atoms in total. The normalized spacial score (nSPS) is 14.2. The summed E-state index contributed by atoms with van der Waals surface area (Å²) >= 11 is 3.38. The zero-order valence-electron chi connectivity index (χ0n) is 10.5. The van der Waals surface area contributed by atoms with Crippen LogP contribution in [0.15, 0.2) is 18.2 Å². The lowest BCUT2D eigenvalue weighted by Crippen LogP contribution is -2.45. The van der Waals surface area contributed by atoms with Crippen LogP contribution in [0.3, 0.4) is 0 Å². The van der Waals surface area contributed by atoms with E-state index in [1.165, 1.54) is 0 Å². The summed E-state index contributed by atoms with van der Waals surface area (Å²) in [6.07, 6.45) is 0. The van der Waals surface area contributed by atoms with Crippen molar-refractivity contribution >= 4 is 21.8 Å². The number of halogens is 1. The summed E-state index contributed by atoms with van der Waals surface area (Å²) < 4.78 is 11.0. The minimum Gasteiger partial charge on any atom is -0.486 e. The standard InChI is InChI=1S/C13H16BrNO3/c1-13(2,8-14)15-12(16)9-4-3-5-10-11(9)18-7-6-17-10/h3-5H,6-8H2,1-2H3,(H,15,16). The van der Waals surface area contributed by atoms with Gasteiger partial charge in [-0.05, 0) is 26.0 Å². The lowest BCUT2D eigenvalue weighted by molar-refractivity contribution is 0.0910. The minimum absolute atomic E-state index is 0.151. The van der Waals surface area contributed by atoms with Gasteiger partial charge in [0, 0.05) is 10.9 Å². The number of carbonyl (C=O) groups excluding carboxylic acids is 1. The van der Waals surface area contributed by atoms with Crippen molar-refractivity contribution in [1.29, 1.82) is 0 Å². The molecule has 2 rings (SSSR count). The van der Waals surface area contributed by atoms with Crippen molar-refractivity contribution in [2.75, 3.05) is 18.5 Å². The van der Waals surface area contributed by atoms with Gasteiger partial charge in [0.05, 0.1) is 5.56 Å². The Hall–Kier alpha value is -1.23. The van der Waals surface area contributed by atoms with Gasteiger partial charge in [-0.1, -0.05) is 22.0 Å². The van der Waals surface area contributed by atoms with E-state index in [4.69, 9.17) is 9.47 Å². The minimum atomic E-state index is -0.310. The van der Waals surface area contributed by atoms with Gasteiger partial charge in [0.25, 0.3) is 5.91 Å². The highest BCUT2D eigenvalue weighted by molar-refractivity contribution is 9.09. The van der Waals surface area contributed by atoms with Crippen LogP contribution in [0.5, 0.6) is 11.5 Å². The molecule has 0 atom stereocenters. The van der Waals surface area contributed by atoms with Crippen LogP contribution in [0.4, 0.5) is 0 Å². The fourth-order valence-corrected chi connectivity index (χ4v) is 1.80. The van der Waals surface area contributed by atoms with E-state index in [1.807, 2.05) is 13.8 Å². The summed E-state index contributed by atoms with van der Waals surface area (Å²) in [7, 11) is 0. The first-order valence-electron chi connectivity index (χ1n) is 5.80. The molecule has 1 amide bonds. The Bertz CT molecular complexity index is 460. The molecule has 0 fully saturated rings. The summed E-state index contributed by atoms with van der Waals surface area (Å²) in [5, 5.41) is 3.63. The number of carbonyl (C=O) groups is 1. The molecule has 0 saturated heterocycles. The summed E-state index contributed by atoms with van der Waals surface area (Å²) in [4.78, 5) is 12.2. The Morgan fingerprint density at radius 1 is 1.39 bits per heavy atom. The average Bonchev–Trinajstić information content (AvgIpc) is 2.37. The number of fused-ring (bicyclic) bond motifs is 1. The first-order valence-corrected chi connectivity index (χ1v) is 6.93. The van der Waals surface area contributed by atoms with E-state index in [-0.39, 0.29) is 11.4 Å². The van der Waals surface area contributed by atoms with Gasteiger partial charge >= 0.3 is 0 Å². The highest BCUT2D eigenvalue weighted by atomic mass is 79.9. The van der Waals surface area contributed by atoms with Crippen LogP contribution in [-0.4, -0.2) is 30.0 Å². The molecule has 5 heteroatoms. The number of benzene rings is 1. The van der Waals surface area contributed by atoms with Gasteiger partial charge in [-0.15, -0.1) is 0 Å². The predicted octanol–water partition coefficient (Wildman–Crippen LogP) is 2.36. The Balaban J connectivity index is 2.26. The van der Waals surface area contributed by atoms with Gasteiger partial charge in [0.1, 0.15) is 13.2 Å². The van der Waals surface area contributed by atoms with E-state index in [1.54, 1.807) is 18.2 Å². The summed E-state index contributed by atoms with van der Waals surface area (Å²) in [6, 6.07) is 5.34. The molecular weight excluding hydrogens is 298 g/mol. The van der Waals surface area contributed by atoms with Crippen molar-refractivity contribution in [3.63, 3.8) is 0 Å². The van der Waals surface area contributed by atoms with Crippen LogP contribution < -0.4 is 14.8 Å². The zero-order valence-corrected chi connectivity index (χ0v) is 12.0. The van der Waals surface area contributed by atoms with E-state index < -0.39 is 0 Å². The Kier molecular flexibility index (Phi) is 3.80. The molecule has 0 unspecified atom stereocenters. The second kappa shape index (κ2) is 5.18. The molecule has 0 aromatic heterocycles. The Morgan fingerprint density at radius 3 is 2.83 bits per heavy atom. The SMILES string of the molecule is CC(C)(CBr)NC(=O)c1cccc2c1OCCO2. The van der Waals surface area contributed by atoms with Crippen molar-refractivity contribution in [3.05, 3.63) is 23.8 Å². The van der Waals surface area contributed by atoms with Crippen molar-refractivity contribution < 1.29 is 14.3 Å². The highest BCUT2D eigenvalue weighted by Crippen LogP contribution is 2.33. The molecule has 1 heterocycles. The van der Waals surface area contributed by atoms with Crippen LogP contribution in [0.2, 0.25) is 0 Å².